The number of anilines is 1. The minimum absolute atomic E-state index is 0.00355. The predicted molar refractivity (Wildman–Crippen MR) is 62.2 cm³/mol. The molecule has 0 fully saturated rings. The summed E-state index contributed by atoms with van der Waals surface area (Å²) in [7, 11) is 0. The molecule has 4 nitrogen and oxygen atoms in total. The second-order valence-electron chi connectivity index (χ2n) is 2.82. The average molecular weight is 247 g/mol. The molecule has 1 aromatic carbocycles. The Hall–Kier alpha value is -0.910. The summed E-state index contributed by atoms with van der Waals surface area (Å²) in [6, 6.07) is 3.03. The van der Waals surface area contributed by atoms with Crippen LogP contribution in [0.15, 0.2) is 17.0 Å². The Kier molecular flexibility index (Phi) is 4.26. The van der Waals surface area contributed by atoms with Crippen LogP contribution in [0.25, 0.3) is 0 Å². The number of nitrogens with two attached hydrogens (primary N) is 2. The average Bonchev–Trinajstić information content (AvgIpc) is 2.15. The molecule has 0 heterocycles. The van der Waals surface area contributed by atoms with Crippen LogP contribution in [0, 0.1) is 0 Å². The van der Waals surface area contributed by atoms with Crippen LogP contribution in [0.3, 0.4) is 0 Å². The van der Waals surface area contributed by atoms with Gasteiger partial charge in [-0.25, -0.2) is 0 Å². The number of benzene rings is 1. The number of hydrogen-bond donors (Lipinski definition) is 3. The zero-order valence-corrected chi connectivity index (χ0v) is 9.44. The fourth-order valence-electron chi connectivity index (χ4n) is 1.09. The molecule has 0 spiro atoms. The van der Waals surface area contributed by atoms with E-state index in [0.29, 0.717) is 26.9 Å². The van der Waals surface area contributed by atoms with Gasteiger partial charge in [-0.15, -0.1) is 11.8 Å². The molecule has 1 aromatic rings. The van der Waals surface area contributed by atoms with E-state index in [1.807, 2.05) is 0 Å². The van der Waals surface area contributed by atoms with Crippen molar-refractivity contribution in [3.63, 3.8) is 0 Å². The maximum atomic E-state index is 11.1. The number of nitrogen functional groups attached to an aromatic ring is 1. The molecule has 0 aliphatic rings. The van der Waals surface area contributed by atoms with Crippen LogP contribution < -0.4 is 11.5 Å². The van der Waals surface area contributed by atoms with Gasteiger partial charge in [-0.2, -0.15) is 0 Å². The first-order valence-corrected chi connectivity index (χ1v) is 5.55. The number of aliphatic hydroxyl groups excluding tert-OH is 1. The number of amides is 1. The molecular weight excluding hydrogens is 236 g/mol. The van der Waals surface area contributed by atoms with Crippen LogP contribution in [0.4, 0.5) is 5.69 Å². The Morgan fingerprint density at radius 2 is 2.20 bits per heavy atom. The number of primary amides is 1. The lowest BCUT2D eigenvalue weighted by atomic mass is 10.2. The van der Waals surface area contributed by atoms with E-state index in [-0.39, 0.29) is 6.61 Å². The summed E-state index contributed by atoms with van der Waals surface area (Å²) >= 11 is 7.20. The number of rotatable bonds is 4. The van der Waals surface area contributed by atoms with Crippen molar-refractivity contribution in [3.05, 3.63) is 22.7 Å². The van der Waals surface area contributed by atoms with Crippen LogP contribution in [0.2, 0.25) is 5.02 Å². The van der Waals surface area contributed by atoms with Gasteiger partial charge in [0.05, 0.1) is 17.2 Å². The van der Waals surface area contributed by atoms with Crippen molar-refractivity contribution in [2.75, 3.05) is 18.1 Å². The molecule has 0 unspecified atom stereocenters. The van der Waals surface area contributed by atoms with E-state index in [4.69, 9.17) is 28.2 Å². The van der Waals surface area contributed by atoms with Crippen LogP contribution in [-0.4, -0.2) is 23.4 Å². The maximum absolute atomic E-state index is 11.1. The lowest BCUT2D eigenvalue weighted by Gasteiger charge is -2.09. The number of thioether (sulfide) groups is 1. The highest BCUT2D eigenvalue weighted by Gasteiger charge is 2.13. The Bertz CT molecular complexity index is 385. The quantitative estimate of drug-likeness (QED) is 0.548. The standard InChI is InChI=1S/C9H11ClN2O2S/c10-7-4-5(11)3-6(9(12)14)8(7)15-2-1-13/h3-4,13H,1-2,11H2,(H2,12,14). The van der Waals surface area contributed by atoms with Gasteiger partial charge in [0, 0.05) is 16.3 Å². The SMILES string of the molecule is NC(=O)c1cc(N)cc(Cl)c1SCCO. The predicted octanol–water partition coefficient (Wildman–Crippen LogP) is 1.11. The minimum atomic E-state index is -0.579. The Morgan fingerprint density at radius 1 is 1.53 bits per heavy atom. The van der Waals surface area contributed by atoms with Crippen molar-refractivity contribution in [2.45, 2.75) is 4.90 Å². The molecule has 0 bridgehead atoms. The lowest BCUT2D eigenvalue weighted by molar-refractivity contribution is 0.0997. The second kappa shape index (κ2) is 5.25. The first kappa shape index (κ1) is 12.2. The summed E-state index contributed by atoms with van der Waals surface area (Å²) < 4.78 is 0. The fraction of sp³-hybridized carbons (Fsp3) is 0.222. The zero-order valence-electron chi connectivity index (χ0n) is 7.87. The van der Waals surface area contributed by atoms with Gasteiger partial charge in [0.15, 0.2) is 0 Å². The summed E-state index contributed by atoms with van der Waals surface area (Å²) in [6.07, 6.45) is 0. The molecule has 5 N–H and O–H groups in total. The van der Waals surface area contributed by atoms with E-state index in [1.54, 1.807) is 6.07 Å². The van der Waals surface area contributed by atoms with E-state index in [9.17, 15) is 4.79 Å². The first-order chi connectivity index (χ1) is 7.06. The van der Waals surface area contributed by atoms with Gasteiger partial charge in [-0.05, 0) is 12.1 Å². The van der Waals surface area contributed by atoms with Gasteiger partial charge in [0.2, 0.25) is 5.91 Å². The maximum Gasteiger partial charge on any atom is 0.249 e. The summed E-state index contributed by atoms with van der Waals surface area (Å²) in [4.78, 5) is 11.7. The fourth-order valence-corrected chi connectivity index (χ4v) is 2.29. The van der Waals surface area contributed by atoms with Gasteiger partial charge in [-0.3, -0.25) is 4.79 Å². The van der Waals surface area contributed by atoms with E-state index in [2.05, 4.69) is 0 Å². The molecule has 82 valence electrons. The van der Waals surface area contributed by atoms with Gasteiger partial charge in [0.1, 0.15) is 0 Å². The third kappa shape index (κ3) is 3.02. The molecule has 0 aliphatic carbocycles. The van der Waals surface area contributed by atoms with Gasteiger partial charge < -0.3 is 16.6 Å². The summed E-state index contributed by atoms with van der Waals surface area (Å²) in [5.74, 6) is -0.131. The smallest absolute Gasteiger partial charge is 0.249 e. The van der Waals surface area contributed by atoms with Crippen molar-refractivity contribution < 1.29 is 9.90 Å². The van der Waals surface area contributed by atoms with Crippen LogP contribution in [0.1, 0.15) is 10.4 Å². The largest absolute Gasteiger partial charge is 0.399 e. The monoisotopic (exact) mass is 246 g/mol. The van der Waals surface area contributed by atoms with Gasteiger partial charge >= 0.3 is 0 Å². The van der Waals surface area contributed by atoms with Crippen LogP contribution >= 0.6 is 23.4 Å². The van der Waals surface area contributed by atoms with E-state index in [0.717, 1.165) is 0 Å². The highest BCUT2D eigenvalue weighted by Crippen LogP contribution is 2.32. The zero-order chi connectivity index (χ0) is 11.4. The van der Waals surface area contributed by atoms with Crippen molar-refractivity contribution >= 4 is 35.0 Å². The second-order valence-corrected chi connectivity index (χ2v) is 4.33. The third-order valence-electron chi connectivity index (χ3n) is 1.67. The molecule has 0 aliphatic heterocycles. The molecule has 15 heavy (non-hydrogen) atoms. The first-order valence-electron chi connectivity index (χ1n) is 4.18. The van der Waals surface area contributed by atoms with E-state index < -0.39 is 5.91 Å². The molecular formula is C9H11ClN2O2S. The third-order valence-corrected chi connectivity index (χ3v) is 3.19. The Balaban J connectivity index is 3.15. The number of carbonyl (C=O) groups excluding carboxylic acids is 1. The molecule has 0 atom stereocenters. The van der Waals surface area contributed by atoms with Crippen molar-refractivity contribution in [1.29, 1.82) is 0 Å². The molecule has 1 rings (SSSR count). The molecule has 0 saturated heterocycles. The molecule has 6 heteroatoms. The topological polar surface area (TPSA) is 89.3 Å². The summed E-state index contributed by atoms with van der Waals surface area (Å²) in [5, 5.41) is 9.07. The minimum Gasteiger partial charge on any atom is -0.399 e. The van der Waals surface area contributed by atoms with Crippen LogP contribution in [0.5, 0.6) is 0 Å². The highest BCUT2D eigenvalue weighted by molar-refractivity contribution is 7.99. The van der Waals surface area contributed by atoms with Gasteiger partial charge in [0.25, 0.3) is 0 Å². The van der Waals surface area contributed by atoms with Crippen LogP contribution in [-0.2, 0) is 0 Å². The van der Waals surface area contributed by atoms with E-state index >= 15 is 0 Å². The highest BCUT2D eigenvalue weighted by atomic mass is 35.5. The lowest BCUT2D eigenvalue weighted by Crippen LogP contribution is -2.13. The number of carbonyl (C=O) groups is 1. The molecule has 0 saturated carbocycles. The molecule has 0 radical (unpaired) electrons. The molecule has 0 aromatic heterocycles. The number of halogens is 1. The van der Waals surface area contributed by atoms with E-state index in [1.165, 1.54) is 17.8 Å². The van der Waals surface area contributed by atoms with Crippen molar-refractivity contribution in [3.8, 4) is 0 Å². The van der Waals surface area contributed by atoms with Crippen molar-refractivity contribution in [1.82, 2.24) is 0 Å². The van der Waals surface area contributed by atoms with Crippen molar-refractivity contribution in [2.24, 2.45) is 5.73 Å². The number of aliphatic hydroxyl groups is 1. The summed E-state index contributed by atoms with van der Waals surface area (Å²) in [6.45, 7) is 0.00355. The van der Waals surface area contributed by atoms with Gasteiger partial charge in [-0.1, -0.05) is 11.6 Å². The Morgan fingerprint density at radius 3 is 2.73 bits per heavy atom. The Labute approximate surface area is 96.6 Å². The normalized spacial score (nSPS) is 10.3. The molecule has 1 amide bonds. The summed E-state index contributed by atoms with van der Waals surface area (Å²) in [5.41, 5.74) is 11.4. The number of hydrogen-bond acceptors (Lipinski definition) is 4.